The molecule has 94 valence electrons. The molecule has 4 nitrogen and oxygen atoms in total. The van der Waals surface area contributed by atoms with Crippen LogP contribution in [0, 0.1) is 0 Å². The quantitative estimate of drug-likeness (QED) is 0.742. The second-order valence-corrected chi connectivity index (χ2v) is 4.95. The maximum absolute atomic E-state index is 5.86. The molecule has 16 heavy (non-hydrogen) atoms. The molecule has 0 saturated carbocycles. The summed E-state index contributed by atoms with van der Waals surface area (Å²) < 4.78 is 11.1. The fourth-order valence-electron chi connectivity index (χ4n) is 2.54. The Morgan fingerprint density at radius 3 is 3.25 bits per heavy atom. The summed E-state index contributed by atoms with van der Waals surface area (Å²) in [5.74, 6) is 0. The third-order valence-corrected chi connectivity index (χ3v) is 3.67. The zero-order valence-corrected chi connectivity index (χ0v) is 10.4. The third-order valence-electron chi connectivity index (χ3n) is 3.67. The second kappa shape index (κ2) is 5.96. The average molecular weight is 228 g/mol. The first-order chi connectivity index (χ1) is 7.79. The van der Waals surface area contributed by atoms with E-state index in [0.29, 0.717) is 12.1 Å². The summed E-state index contributed by atoms with van der Waals surface area (Å²) in [5.41, 5.74) is 0. The SMILES string of the molecule is COC(C)CNCC1CN2CCCC2CO1. The van der Waals surface area contributed by atoms with Crippen LogP contribution >= 0.6 is 0 Å². The number of hydrogen-bond acceptors (Lipinski definition) is 4. The minimum atomic E-state index is 0.281. The van der Waals surface area contributed by atoms with Crippen LogP contribution in [0.4, 0.5) is 0 Å². The van der Waals surface area contributed by atoms with Crippen LogP contribution < -0.4 is 5.32 Å². The van der Waals surface area contributed by atoms with Crippen molar-refractivity contribution in [3.05, 3.63) is 0 Å². The molecule has 0 aromatic rings. The van der Waals surface area contributed by atoms with Gasteiger partial charge in [0, 0.05) is 32.8 Å². The van der Waals surface area contributed by atoms with Gasteiger partial charge < -0.3 is 14.8 Å². The van der Waals surface area contributed by atoms with Crippen molar-refractivity contribution in [1.29, 1.82) is 0 Å². The summed E-state index contributed by atoms with van der Waals surface area (Å²) in [6, 6.07) is 0.703. The van der Waals surface area contributed by atoms with E-state index >= 15 is 0 Å². The van der Waals surface area contributed by atoms with Gasteiger partial charge in [0.05, 0.1) is 18.8 Å². The smallest absolute Gasteiger partial charge is 0.0827 e. The van der Waals surface area contributed by atoms with Gasteiger partial charge in [-0.25, -0.2) is 0 Å². The molecule has 0 bridgehead atoms. The molecule has 2 fully saturated rings. The maximum atomic E-state index is 5.86. The van der Waals surface area contributed by atoms with Gasteiger partial charge >= 0.3 is 0 Å². The monoisotopic (exact) mass is 228 g/mol. The molecule has 2 heterocycles. The first-order valence-corrected chi connectivity index (χ1v) is 6.38. The fraction of sp³-hybridized carbons (Fsp3) is 1.00. The van der Waals surface area contributed by atoms with Crippen LogP contribution in [-0.2, 0) is 9.47 Å². The lowest BCUT2D eigenvalue weighted by molar-refractivity contribution is -0.0477. The highest BCUT2D eigenvalue weighted by Gasteiger charge is 2.31. The van der Waals surface area contributed by atoms with Crippen LogP contribution in [0.3, 0.4) is 0 Å². The Labute approximate surface area is 98.3 Å². The van der Waals surface area contributed by atoms with Gasteiger partial charge in [-0.1, -0.05) is 0 Å². The summed E-state index contributed by atoms with van der Waals surface area (Å²) >= 11 is 0. The molecule has 0 aromatic carbocycles. The highest BCUT2D eigenvalue weighted by molar-refractivity contribution is 4.85. The summed E-state index contributed by atoms with van der Waals surface area (Å²) in [5, 5.41) is 3.41. The molecule has 0 aromatic heterocycles. The fourth-order valence-corrected chi connectivity index (χ4v) is 2.54. The number of nitrogens with one attached hydrogen (secondary N) is 1. The molecule has 1 N–H and O–H groups in total. The Hall–Kier alpha value is -0.160. The number of hydrogen-bond donors (Lipinski definition) is 1. The molecule has 2 rings (SSSR count). The lowest BCUT2D eigenvalue weighted by Crippen LogP contribution is -2.49. The van der Waals surface area contributed by atoms with Crippen molar-refractivity contribution in [3.8, 4) is 0 Å². The highest BCUT2D eigenvalue weighted by atomic mass is 16.5. The molecule has 2 saturated heterocycles. The first kappa shape index (κ1) is 12.3. The van der Waals surface area contributed by atoms with E-state index in [1.165, 1.54) is 19.4 Å². The Balaban J connectivity index is 1.63. The van der Waals surface area contributed by atoms with Gasteiger partial charge in [0.2, 0.25) is 0 Å². The Morgan fingerprint density at radius 2 is 2.44 bits per heavy atom. The van der Waals surface area contributed by atoms with E-state index in [-0.39, 0.29) is 6.10 Å². The number of rotatable bonds is 5. The van der Waals surface area contributed by atoms with Crippen molar-refractivity contribution in [2.24, 2.45) is 0 Å². The van der Waals surface area contributed by atoms with E-state index in [9.17, 15) is 0 Å². The molecular formula is C12H24N2O2. The first-order valence-electron chi connectivity index (χ1n) is 6.38. The van der Waals surface area contributed by atoms with Crippen molar-refractivity contribution < 1.29 is 9.47 Å². The van der Waals surface area contributed by atoms with E-state index < -0.39 is 0 Å². The van der Waals surface area contributed by atoms with Crippen molar-refractivity contribution in [2.75, 3.05) is 39.9 Å². The highest BCUT2D eigenvalue weighted by Crippen LogP contribution is 2.22. The normalized spacial score (nSPS) is 32.6. The summed E-state index contributed by atoms with van der Waals surface area (Å²) in [7, 11) is 1.75. The minimum absolute atomic E-state index is 0.281. The maximum Gasteiger partial charge on any atom is 0.0827 e. The van der Waals surface area contributed by atoms with Crippen molar-refractivity contribution >= 4 is 0 Å². The van der Waals surface area contributed by atoms with Crippen LogP contribution in [0.5, 0.6) is 0 Å². The van der Waals surface area contributed by atoms with Crippen LogP contribution in [0.15, 0.2) is 0 Å². The third kappa shape index (κ3) is 3.17. The molecule has 0 aliphatic carbocycles. The largest absolute Gasteiger partial charge is 0.380 e. The second-order valence-electron chi connectivity index (χ2n) is 4.95. The lowest BCUT2D eigenvalue weighted by Gasteiger charge is -2.35. The van der Waals surface area contributed by atoms with Gasteiger partial charge in [0.1, 0.15) is 0 Å². The van der Waals surface area contributed by atoms with Crippen molar-refractivity contribution in [1.82, 2.24) is 10.2 Å². The summed E-state index contributed by atoms with van der Waals surface area (Å²) in [6.07, 6.45) is 3.30. The lowest BCUT2D eigenvalue weighted by atomic mass is 10.2. The van der Waals surface area contributed by atoms with Gasteiger partial charge in [0.25, 0.3) is 0 Å². The van der Waals surface area contributed by atoms with Crippen molar-refractivity contribution in [2.45, 2.75) is 38.0 Å². The number of morpholine rings is 1. The standard InChI is InChI=1S/C12H24N2O2/c1-10(15-2)6-13-7-12-8-14-5-3-4-11(14)9-16-12/h10-13H,3-9H2,1-2H3. The van der Waals surface area contributed by atoms with E-state index in [2.05, 4.69) is 17.1 Å². The molecule has 0 amide bonds. The van der Waals surface area contributed by atoms with Gasteiger partial charge in [-0.15, -0.1) is 0 Å². The Kier molecular flexibility index (Phi) is 4.58. The molecule has 2 aliphatic heterocycles. The van der Waals surface area contributed by atoms with Crippen molar-refractivity contribution in [3.63, 3.8) is 0 Å². The number of fused-ring (bicyclic) bond motifs is 1. The predicted molar refractivity (Wildman–Crippen MR) is 63.7 cm³/mol. The van der Waals surface area contributed by atoms with Gasteiger partial charge in [-0.05, 0) is 26.3 Å². The zero-order chi connectivity index (χ0) is 11.4. The van der Waals surface area contributed by atoms with Gasteiger partial charge in [-0.3, -0.25) is 4.90 Å². The van der Waals surface area contributed by atoms with E-state index in [1.807, 2.05) is 0 Å². The van der Waals surface area contributed by atoms with Crippen LogP contribution in [0.25, 0.3) is 0 Å². The minimum Gasteiger partial charge on any atom is -0.380 e. The van der Waals surface area contributed by atoms with Gasteiger partial charge in [0.15, 0.2) is 0 Å². The molecule has 0 radical (unpaired) electrons. The molecule has 0 spiro atoms. The number of methoxy groups -OCH3 is 1. The van der Waals surface area contributed by atoms with Crippen LogP contribution in [-0.4, -0.2) is 63.0 Å². The summed E-state index contributed by atoms with van der Waals surface area (Å²) in [4.78, 5) is 2.58. The van der Waals surface area contributed by atoms with E-state index in [1.54, 1.807) is 7.11 Å². The molecule has 3 atom stereocenters. The van der Waals surface area contributed by atoms with Gasteiger partial charge in [-0.2, -0.15) is 0 Å². The van der Waals surface area contributed by atoms with Crippen LogP contribution in [0.1, 0.15) is 19.8 Å². The predicted octanol–water partition coefficient (Wildman–Crippen LogP) is 0.474. The number of ether oxygens (including phenoxy) is 2. The van der Waals surface area contributed by atoms with E-state index in [4.69, 9.17) is 9.47 Å². The topological polar surface area (TPSA) is 33.7 Å². The van der Waals surface area contributed by atoms with Crippen LogP contribution in [0.2, 0.25) is 0 Å². The summed E-state index contributed by atoms with van der Waals surface area (Å²) in [6.45, 7) is 7.20. The Bertz CT molecular complexity index is 213. The Morgan fingerprint density at radius 1 is 1.56 bits per heavy atom. The van der Waals surface area contributed by atoms with E-state index in [0.717, 1.165) is 26.2 Å². The molecule has 2 aliphatic rings. The molecular weight excluding hydrogens is 204 g/mol. The number of nitrogens with zero attached hydrogens (tertiary/aromatic N) is 1. The average Bonchev–Trinajstić information content (AvgIpc) is 2.76. The molecule has 4 heteroatoms. The zero-order valence-electron chi connectivity index (χ0n) is 10.4. The molecule has 3 unspecified atom stereocenters.